The molecule has 8 heteroatoms. The van der Waals surface area contributed by atoms with Crippen molar-refractivity contribution in [3.05, 3.63) is 102 Å². The van der Waals surface area contributed by atoms with E-state index in [0.29, 0.717) is 16.6 Å². The topological polar surface area (TPSA) is 73.3 Å². The van der Waals surface area contributed by atoms with Crippen molar-refractivity contribution in [2.24, 2.45) is 0 Å². The summed E-state index contributed by atoms with van der Waals surface area (Å²) in [5.74, 6) is 0.110. The second-order valence-electron chi connectivity index (χ2n) is 6.66. The zero-order valence-corrected chi connectivity index (χ0v) is 18.6. The Hall–Kier alpha value is -3.15. The number of hydrogen-bond donors (Lipinski definition) is 1. The number of rotatable bonds is 9. The highest BCUT2D eigenvalue weighted by molar-refractivity contribution is 7.55. The highest BCUT2D eigenvalue weighted by atomic mass is 32.1. The van der Waals surface area contributed by atoms with E-state index >= 15 is 0 Å². The number of nitrogens with one attached hydrogen (secondary N) is 1. The molecule has 6 nitrogen and oxygen atoms in total. The van der Waals surface area contributed by atoms with Crippen LogP contribution in [0.4, 0.5) is 5.13 Å². The third kappa shape index (κ3) is 5.32. The summed E-state index contributed by atoms with van der Waals surface area (Å²) in [4.78, 5) is 0. The zero-order chi connectivity index (χ0) is 21.5. The third-order valence-electron chi connectivity index (χ3n) is 4.41. The molecule has 1 heterocycles. The maximum Gasteiger partial charge on any atom is 0.457 e. The third-order valence-corrected chi connectivity index (χ3v) is 7.40. The van der Waals surface area contributed by atoms with E-state index in [-0.39, 0.29) is 0 Å². The molecule has 4 rings (SSSR count). The molecule has 3 aromatic carbocycles. The molecule has 0 fully saturated rings. The van der Waals surface area contributed by atoms with Gasteiger partial charge in [0.05, 0.1) is 0 Å². The van der Waals surface area contributed by atoms with Crippen molar-refractivity contribution in [1.82, 2.24) is 10.2 Å². The molecule has 1 aromatic heterocycles. The first-order valence-electron chi connectivity index (χ1n) is 9.89. The number of benzene rings is 3. The van der Waals surface area contributed by atoms with Crippen LogP contribution in [0, 0.1) is 0 Å². The molecular weight excluding hydrogens is 429 g/mol. The summed E-state index contributed by atoms with van der Waals surface area (Å²) in [6, 6.07) is 27.5. The molecule has 1 N–H and O–H groups in total. The Labute approximate surface area is 185 Å². The molecule has 0 radical (unpaired) electrons. The standard InChI is InChI=1S/C23H22N3O3PS/c1-2-21-25-26-23(31-21)24-22(18-12-6-3-7-13-18)30(27,28-19-14-8-4-9-15-19)29-20-16-10-5-11-17-20/h3-17,22H,2H2,1H3,(H,24,26). The van der Waals surface area contributed by atoms with Gasteiger partial charge in [0.25, 0.3) is 0 Å². The van der Waals surface area contributed by atoms with Crippen LogP contribution in [-0.4, -0.2) is 10.2 Å². The van der Waals surface area contributed by atoms with Gasteiger partial charge >= 0.3 is 7.60 Å². The van der Waals surface area contributed by atoms with Crippen molar-refractivity contribution < 1.29 is 13.6 Å². The number of aryl methyl sites for hydroxylation is 1. The van der Waals surface area contributed by atoms with Gasteiger partial charge in [-0.15, -0.1) is 10.2 Å². The molecule has 1 atom stereocenters. The van der Waals surface area contributed by atoms with Gasteiger partial charge in [-0.2, -0.15) is 0 Å². The van der Waals surface area contributed by atoms with Gasteiger partial charge in [0.1, 0.15) is 16.5 Å². The molecule has 31 heavy (non-hydrogen) atoms. The first-order valence-corrected chi connectivity index (χ1v) is 12.3. The van der Waals surface area contributed by atoms with Crippen molar-refractivity contribution in [1.29, 1.82) is 0 Å². The SMILES string of the molecule is CCc1nnc(NC(c2ccccc2)P(=O)(Oc2ccccc2)Oc2ccccc2)s1. The van der Waals surface area contributed by atoms with E-state index in [0.717, 1.165) is 17.0 Å². The second kappa shape index (κ2) is 9.77. The fourth-order valence-corrected chi connectivity index (χ4v) is 5.62. The molecule has 0 aliphatic rings. The van der Waals surface area contributed by atoms with Gasteiger partial charge in [0.2, 0.25) is 5.13 Å². The Morgan fingerprint density at radius 3 is 1.84 bits per heavy atom. The molecule has 0 aliphatic carbocycles. The molecule has 0 saturated carbocycles. The van der Waals surface area contributed by atoms with Crippen LogP contribution in [0.3, 0.4) is 0 Å². The molecule has 0 bridgehead atoms. The summed E-state index contributed by atoms with van der Waals surface area (Å²) < 4.78 is 26.5. The first-order chi connectivity index (χ1) is 15.2. The zero-order valence-electron chi connectivity index (χ0n) is 16.9. The molecule has 158 valence electrons. The van der Waals surface area contributed by atoms with Crippen LogP contribution < -0.4 is 14.4 Å². The summed E-state index contributed by atoms with van der Waals surface area (Å²) in [6.45, 7) is 2.01. The minimum absolute atomic E-state index is 0.455. The quantitative estimate of drug-likeness (QED) is 0.291. The molecule has 0 saturated heterocycles. The minimum Gasteiger partial charge on any atom is -0.414 e. The predicted molar refractivity (Wildman–Crippen MR) is 124 cm³/mol. The van der Waals surface area contributed by atoms with Crippen LogP contribution in [0.1, 0.15) is 23.3 Å². The van der Waals surface area contributed by atoms with Gasteiger partial charge in [0.15, 0.2) is 5.78 Å². The van der Waals surface area contributed by atoms with Crippen molar-refractivity contribution in [3.63, 3.8) is 0 Å². The van der Waals surface area contributed by atoms with Crippen LogP contribution in [0.5, 0.6) is 11.5 Å². The average molecular weight is 451 g/mol. The smallest absolute Gasteiger partial charge is 0.414 e. The summed E-state index contributed by atoms with van der Waals surface area (Å²) in [5, 5.41) is 13.1. The lowest BCUT2D eigenvalue weighted by Crippen LogP contribution is -2.18. The average Bonchev–Trinajstić information content (AvgIpc) is 3.27. The van der Waals surface area contributed by atoms with Crippen LogP contribution in [0.2, 0.25) is 0 Å². The van der Waals surface area contributed by atoms with Crippen molar-refractivity contribution in [2.75, 3.05) is 5.32 Å². The molecule has 4 aromatic rings. The largest absolute Gasteiger partial charge is 0.457 e. The van der Waals surface area contributed by atoms with Gasteiger partial charge < -0.3 is 14.4 Å². The highest BCUT2D eigenvalue weighted by Crippen LogP contribution is 2.60. The Balaban J connectivity index is 1.77. The summed E-state index contributed by atoms with van der Waals surface area (Å²) in [7, 11) is -3.83. The second-order valence-corrected chi connectivity index (χ2v) is 9.68. The first kappa shape index (κ1) is 21.1. The number of aromatic nitrogens is 2. The van der Waals surface area contributed by atoms with Crippen LogP contribution in [0.25, 0.3) is 0 Å². The van der Waals surface area contributed by atoms with Crippen molar-refractivity contribution in [3.8, 4) is 11.5 Å². The van der Waals surface area contributed by atoms with Gasteiger partial charge in [-0.25, -0.2) is 4.57 Å². The van der Waals surface area contributed by atoms with Crippen molar-refractivity contribution in [2.45, 2.75) is 19.1 Å². The summed E-state index contributed by atoms with van der Waals surface area (Å²) in [5.41, 5.74) is 0.756. The van der Waals surface area contributed by atoms with Gasteiger partial charge in [0, 0.05) is 0 Å². The molecule has 0 spiro atoms. The van der Waals surface area contributed by atoms with Crippen LogP contribution >= 0.6 is 18.9 Å². The Morgan fingerprint density at radius 2 is 1.35 bits per heavy atom. The maximum absolute atomic E-state index is 14.4. The maximum atomic E-state index is 14.4. The minimum atomic E-state index is -3.83. The van der Waals surface area contributed by atoms with E-state index in [2.05, 4.69) is 15.5 Å². The number of hydrogen-bond acceptors (Lipinski definition) is 7. The number of anilines is 1. The number of nitrogens with zero attached hydrogens (tertiary/aromatic N) is 2. The van der Waals surface area contributed by atoms with Crippen LogP contribution in [-0.2, 0) is 11.0 Å². The fraction of sp³-hybridized carbons (Fsp3) is 0.130. The Bertz CT molecular complexity index is 1090. The van der Waals surface area contributed by atoms with Crippen molar-refractivity contribution >= 4 is 24.1 Å². The van der Waals surface area contributed by atoms with E-state index < -0.39 is 13.4 Å². The Morgan fingerprint density at radius 1 is 0.839 bits per heavy atom. The number of para-hydroxylation sites is 2. The van der Waals surface area contributed by atoms with E-state index in [1.165, 1.54) is 11.3 Å². The fourth-order valence-electron chi connectivity index (χ4n) is 2.93. The molecular formula is C23H22N3O3PS. The van der Waals surface area contributed by atoms with E-state index in [4.69, 9.17) is 9.05 Å². The summed E-state index contributed by atoms with van der Waals surface area (Å²) >= 11 is 1.42. The predicted octanol–water partition coefficient (Wildman–Crippen LogP) is 6.56. The van der Waals surface area contributed by atoms with E-state index in [9.17, 15) is 4.57 Å². The Kier molecular flexibility index (Phi) is 6.65. The van der Waals surface area contributed by atoms with Gasteiger partial charge in [-0.05, 0) is 36.2 Å². The van der Waals surface area contributed by atoms with E-state index in [1.807, 2.05) is 73.7 Å². The van der Waals surface area contributed by atoms with Crippen LogP contribution in [0.15, 0.2) is 91.0 Å². The lowest BCUT2D eigenvalue weighted by molar-refractivity contribution is 0.376. The monoisotopic (exact) mass is 451 g/mol. The molecule has 1 unspecified atom stereocenters. The molecule has 0 amide bonds. The normalized spacial score (nSPS) is 12.2. The van der Waals surface area contributed by atoms with E-state index in [1.54, 1.807) is 24.3 Å². The van der Waals surface area contributed by atoms with Gasteiger partial charge in [-0.3, -0.25) is 0 Å². The van der Waals surface area contributed by atoms with Gasteiger partial charge in [-0.1, -0.05) is 85.0 Å². The lowest BCUT2D eigenvalue weighted by Gasteiger charge is -2.28. The summed E-state index contributed by atoms with van der Waals surface area (Å²) in [6.07, 6.45) is 0.772. The lowest BCUT2D eigenvalue weighted by atomic mass is 10.2. The highest BCUT2D eigenvalue weighted by Gasteiger charge is 2.41. The molecule has 0 aliphatic heterocycles.